The van der Waals surface area contributed by atoms with Crippen LogP contribution >= 0.6 is 0 Å². The van der Waals surface area contributed by atoms with Crippen molar-refractivity contribution in [3.63, 3.8) is 0 Å². The average molecular weight is 284 g/mol. The molecule has 21 heavy (non-hydrogen) atoms. The first-order valence-electron chi connectivity index (χ1n) is 6.83. The first-order valence-corrected chi connectivity index (χ1v) is 6.83. The highest BCUT2D eigenvalue weighted by Gasteiger charge is 2.05. The number of hydrogen-bond acceptors (Lipinski definition) is 3. The van der Waals surface area contributed by atoms with E-state index in [0.717, 1.165) is 17.1 Å². The number of hydrogen-bond donors (Lipinski definition) is 2. The van der Waals surface area contributed by atoms with Crippen LogP contribution in [0, 0.1) is 6.92 Å². The van der Waals surface area contributed by atoms with Crippen LogP contribution in [-0.2, 0) is 11.3 Å². The summed E-state index contributed by atoms with van der Waals surface area (Å²) in [6.45, 7) is 4.26. The summed E-state index contributed by atoms with van der Waals surface area (Å²) >= 11 is 0. The fourth-order valence-electron chi connectivity index (χ4n) is 2.15. The number of carbonyl (C=O) groups is 1. The fraction of sp³-hybridized carbons (Fsp3) is 0.235. The van der Waals surface area contributed by atoms with Crippen molar-refractivity contribution in [2.24, 2.45) is 0 Å². The lowest BCUT2D eigenvalue weighted by atomic mass is 10.1. The Morgan fingerprint density at radius 3 is 2.67 bits per heavy atom. The molecule has 0 saturated heterocycles. The van der Waals surface area contributed by atoms with Gasteiger partial charge in [-0.15, -0.1) is 0 Å². The molecule has 2 N–H and O–H groups in total. The van der Waals surface area contributed by atoms with Crippen LogP contribution in [0.3, 0.4) is 0 Å². The number of carbonyl (C=O) groups excluding carboxylic acids is 1. The van der Waals surface area contributed by atoms with Gasteiger partial charge in [0.25, 0.3) is 0 Å². The van der Waals surface area contributed by atoms with Gasteiger partial charge < -0.3 is 15.4 Å². The Bertz CT molecular complexity index is 638. The zero-order chi connectivity index (χ0) is 15.2. The topological polar surface area (TPSA) is 50.4 Å². The molecule has 0 aliphatic carbocycles. The predicted molar refractivity (Wildman–Crippen MR) is 85.8 cm³/mol. The first kappa shape index (κ1) is 14.9. The Hall–Kier alpha value is -2.49. The van der Waals surface area contributed by atoms with E-state index in [4.69, 9.17) is 4.74 Å². The second-order valence-electron chi connectivity index (χ2n) is 4.94. The van der Waals surface area contributed by atoms with E-state index in [2.05, 4.69) is 35.8 Å². The van der Waals surface area contributed by atoms with E-state index in [9.17, 15) is 4.79 Å². The fourth-order valence-corrected chi connectivity index (χ4v) is 2.15. The van der Waals surface area contributed by atoms with E-state index in [1.54, 1.807) is 7.11 Å². The van der Waals surface area contributed by atoms with Gasteiger partial charge in [0.05, 0.1) is 12.8 Å². The van der Waals surface area contributed by atoms with Gasteiger partial charge in [0.2, 0.25) is 5.91 Å². The molecule has 2 rings (SSSR count). The van der Waals surface area contributed by atoms with Crippen LogP contribution < -0.4 is 15.4 Å². The summed E-state index contributed by atoms with van der Waals surface area (Å²) in [5.74, 6) is 0.654. The van der Waals surface area contributed by atoms with Crippen LogP contribution in [0.25, 0.3) is 0 Å². The molecule has 4 nitrogen and oxygen atoms in total. The molecule has 0 aliphatic heterocycles. The molecule has 0 heterocycles. The van der Waals surface area contributed by atoms with Crippen molar-refractivity contribution < 1.29 is 9.53 Å². The van der Waals surface area contributed by atoms with E-state index in [1.165, 1.54) is 18.1 Å². The van der Waals surface area contributed by atoms with Crippen molar-refractivity contribution >= 4 is 17.3 Å². The van der Waals surface area contributed by atoms with Crippen molar-refractivity contribution in [2.45, 2.75) is 20.4 Å². The number of anilines is 2. The van der Waals surface area contributed by atoms with Crippen LogP contribution in [0.15, 0.2) is 42.5 Å². The van der Waals surface area contributed by atoms with Gasteiger partial charge >= 0.3 is 0 Å². The molecule has 0 bridgehead atoms. The van der Waals surface area contributed by atoms with Crippen LogP contribution in [0.1, 0.15) is 18.1 Å². The smallest absolute Gasteiger partial charge is 0.221 e. The molecule has 0 radical (unpaired) electrons. The minimum absolute atomic E-state index is 0.0928. The van der Waals surface area contributed by atoms with E-state index in [0.29, 0.717) is 6.54 Å². The molecule has 0 unspecified atom stereocenters. The molecule has 2 aromatic rings. The van der Waals surface area contributed by atoms with E-state index in [-0.39, 0.29) is 5.91 Å². The van der Waals surface area contributed by atoms with Gasteiger partial charge in [0.1, 0.15) is 5.75 Å². The molecule has 0 fully saturated rings. The maximum absolute atomic E-state index is 11.1. The summed E-state index contributed by atoms with van der Waals surface area (Å²) in [7, 11) is 1.63. The molecule has 0 spiro atoms. The maximum atomic E-state index is 11.1. The van der Waals surface area contributed by atoms with E-state index in [1.807, 2.05) is 24.3 Å². The van der Waals surface area contributed by atoms with E-state index >= 15 is 0 Å². The summed E-state index contributed by atoms with van der Waals surface area (Å²) in [5, 5.41) is 6.11. The monoisotopic (exact) mass is 284 g/mol. The van der Waals surface area contributed by atoms with Gasteiger partial charge in [-0.3, -0.25) is 4.79 Å². The Morgan fingerprint density at radius 1 is 1.19 bits per heavy atom. The summed E-state index contributed by atoms with van der Waals surface area (Å²) in [5.41, 5.74) is 4.02. The molecule has 1 amide bonds. The quantitative estimate of drug-likeness (QED) is 0.882. The van der Waals surface area contributed by atoms with Gasteiger partial charge in [-0.25, -0.2) is 0 Å². The average Bonchev–Trinajstić information content (AvgIpc) is 2.45. The Morgan fingerprint density at radius 2 is 2.00 bits per heavy atom. The van der Waals surface area contributed by atoms with Crippen molar-refractivity contribution in [2.75, 3.05) is 17.7 Å². The lowest BCUT2D eigenvalue weighted by Crippen LogP contribution is -2.07. The third kappa shape index (κ3) is 4.24. The number of aryl methyl sites for hydroxylation is 1. The maximum Gasteiger partial charge on any atom is 0.221 e. The summed E-state index contributed by atoms with van der Waals surface area (Å²) in [6.07, 6.45) is 0. The molecule has 4 heteroatoms. The second-order valence-corrected chi connectivity index (χ2v) is 4.94. The van der Waals surface area contributed by atoms with Crippen molar-refractivity contribution in [3.05, 3.63) is 53.6 Å². The van der Waals surface area contributed by atoms with Crippen molar-refractivity contribution in [3.8, 4) is 5.75 Å². The zero-order valence-electron chi connectivity index (χ0n) is 12.6. The highest BCUT2D eigenvalue weighted by Crippen LogP contribution is 2.28. The lowest BCUT2D eigenvalue weighted by Gasteiger charge is -2.13. The minimum atomic E-state index is -0.0928. The third-order valence-corrected chi connectivity index (χ3v) is 3.09. The SMILES string of the molecule is COc1ccc(NC(C)=O)cc1NCc1cccc(C)c1. The van der Waals surface area contributed by atoms with Crippen LogP contribution in [0.5, 0.6) is 5.75 Å². The molecule has 0 atom stereocenters. The Balaban J connectivity index is 2.15. The van der Waals surface area contributed by atoms with Gasteiger partial charge in [-0.1, -0.05) is 29.8 Å². The minimum Gasteiger partial charge on any atom is -0.495 e. The van der Waals surface area contributed by atoms with Gasteiger partial charge in [0.15, 0.2) is 0 Å². The van der Waals surface area contributed by atoms with Crippen LogP contribution in [0.4, 0.5) is 11.4 Å². The van der Waals surface area contributed by atoms with Crippen molar-refractivity contribution in [1.82, 2.24) is 0 Å². The summed E-state index contributed by atoms with van der Waals surface area (Å²) in [6, 6.07) is 13.8. The normalized spacial score (nSPS) is 10.0. The molecule has 0 aromatic heterocycles. The highest BCUT2D eigenvalue weighted by atomic mass is 16.5. The van der Waals surface area contributed by atoms with Crippen LogP contribution in [0.2, 0.25) is 0 Å². The molecular formula is C17H20N2O2. The van der Waals surface area contributed by atoms with Gasteiger partial charge in [0, 0.05) is 19.2 Å². The number of rotatable bonds is 5. The molecular weight excluding hydrogens is 264 g/mol. The molecule has 110 valence electrons. The molecule has 0 aliphatic rings. The number of benzene rings is 2. The number of amides is 1. The lowest BCUT2D eigenvalue weighted by molar-refractivity contribution is -0.114. The van der Waals surface area contributed by atoms with E-state index < -0.39 is 0 Å². The Labute approximate surface area is 125 Å². The highest BCUT2D eigenvalue weighted by molar-refractivity contribution is 5.89. The molecule has 0 saturated carbocycles. The van der Waals surface area contributed by atoms with Crippen molar-refractivity contribution in [1.29, 1.82) is 0 Å². The predicted octanol–water partition coefficient (Wildman–Crippen LogP) is 3.57. The largest absolute Gasteiger partial charge is 0.495 e. The number of nitrogens with one attached hydrogen (secondary N) is 2. The molecule has 2 aromatic carbocycles. The van der Waals surface area contributed by atoms with Gasteiger partial charge in [-0.05, 0) is 30.7 Å². The summed E-state index contributed by atoms with van der Waals surface area (Å²) < 4.78 is 5.34. The van der Waals surface area contributed by atoms with Crippen LogP contribution in [-0.4, -0.2) is 13.0 Å². The second kappa shape index (κ2) is 6.79. The standard InChI is InChI=1S/C17H20N2O2/c1-12-5-4-6-14(9-12)11-18-16-10-15(19-13(2)20)7-8-17(16)21-3/h4-10,18H,11H2,1-3H3,(H,19,20). The third-order valence-electron chi connectivity index (χ3n) is 3.09. The van der Waals surface area contributed by atoms with Gasteiger partial charge in [-0.2, -0.15) is 0 Å². The number of methoxy groups -OCH3 is 1. The summed E-state index contributed by atoms with van der Waals surface area (Å²) in [4.78, 5) is 11.1. The Kier molecular flexibility index (Phi) is 4.82. The first-order chi connectivity index (χ1) is 10.1. The zero-order valence-corrected chi connectivity index (χ0v) is 12.6. The number of ether oxygens (including phenoxy) is 1.